The number of carbonyl (C=O) groups is 1. The molecule has 0 unspecified atom stereocenters. The Morgan fingerprint density at radius 3 is 2.29 bits per heavy atom. The molecular weight excluding hydrogens is 288 g/mol. The molecule has 1 aliphatic rings. The first kappa shape index (κ1) is 16.0. The van der Waals surface area contributed by atoms with Gasteiger partial charge in [-0.15, -0.1) is 0 Å². The SMILES string of the molecule is CC1(C(=O)NCc2ccc(S(N)(=O)=O)cc2)CCCCC1. The molecule has 0 radical (unpaired) electrons. The fourth-order valence-electron chi connectivity index (χ4n) is 2.75. The summed E-state index contributed by atoms with van der Waals surface area (Å²) in [5, 5.41) is 7.99. The third-order valence-electron chi connectivity index (χ3n) is 4.21. The lowest BCUT2D eigenvalue weighted by molar-refractivity contribution is -0.132. The molecule has 0 bridgehead atoms. The predicted molar refractivity (Wildman–Crippen MR) is 80.9 cm³/mol. The van der Waals surface area contributed by atoms with Crippen molar-refractivity contribution in [1.82, 2.24) is 5.32 Å². The molecule has 0 aromatic heterocycles. The lowest BCUT2D eigenvalue weighted by Crippen LogP contribution is -2.39. The van der Waals surface area contributed by atoms with Gasteiger partial charge >= 0.3 is 0 Å². The monoisotopic (exact) mass is 310 g/mol. The van der Waals surface area contributed by atoms with E-state index in [1.807, 2.05) is 6.92 Å². The highest BCUT2D eigenvalue weighted by atomic mass is 32.2. The first-order valence-electron chi connectivity index (χ1n) is 7.21. The molecule has 0 heterocycles. The fraction of sp³-hybridized carbons (Fsp3) is 0.533. The zero-order valence-corrected chi connectivity index (χ0v) is 13.1. The Morgan fingerprint density at radius 1 is 1.19 bits per heavy atom. The smallest absolute Gasteiger partial charge is 0.238 e. The van der Waals surface area contributed by atoms with Crippen LogP contribution in [0.15, 0.2) is 29.2 Å². The van der Waals surface area contributed by atoms with Gasteiger partial charge < -0.3 is 5.32 Å². The second-order valence-electron chi connectivity index (χ2n) is 5.99. The number of amides is 1. The normalized spacial score (nSPS) is 18.2. The maximum absolute atomic E-state index is 12.3. The van der Waals surface area contributed by atoms with Crippen LogP contribution in [0.4, 0.5) is 0 Å². The fourth-order valence-corrected chi connectivity index (χ4v) is 3.27. The van der Waals surface area contributed by atoms with Gasteiger partial charge in [-0.05, 0) is 30.5 Å². The van der Waals surface area contributed by atoms with E-state index < -0.39 is 10.0 Å². The summed E-state index contributed by atoms with van der Waals surface area (Å²) in [5.41, 5.74) is 0.592. The van der Waals surface area contributed by atoms with Crippen molar-refractivity contribution in [3.8, 4) is 0 Å². The van der Waals surface area contributed by atoms with Gasteiger partial charge in [-0.1, -0.05) is 38.3 Å². The van der Waals surface area contributed by atoms with Gasteiger partial charge in [0.15, 0.2) is 0 Å². The van der Waals surface area contributed by atoms with E-state index in [4.69, 9.17) is 5.14 Å². The highest BCUT2D eigenvalue weighted by Gasteiger charge is 2.34. The van der Waals surface area contributed by atoms with Gasteiger partial charge in [0.1, 0.15) is 0 Å². The quantitative estimate of drug-likeness (QED) is 0.890. The Bertz CT molecular complexity index is 602. The minimum atomic E-state index is -3.67. The molecule has 21 heavy (non-hydrogen) atoms. The second kappa shape index (κ2) is 6.15. The zero-order valence-electron chi connectivity index (χ0n) is 12.3. The topological polar surface area (TPSA) is 89.3 Å². The molecular formula is C15H22N2O3S. The van der Waals surface area contributed by atoms with E-state index in [-0.39, 0.29) is 16.2 Å². The number of rotatable bonds is 4. The summed E-state index contributed by atoms with van der Waals surface area (Å²) in [5.74, 6) is 0.0812. The maximum atomic E-state index is 12.3. The average molecular weight is 310 g/mol. The van der Waals surface area contributed by atoms with Crippen molar-refractivity contribution in [3.05, 3.63) is 29.8 Å². The van der Waals surface area contributed by atoms with E-state index in [0.29, 0.717) is 6.54 Å². The Balaban J connectivity index is 1.95. The van der Waals surface area contributed by atoms with Crippen LogP contribution in [0.25, 0.3) is 0 Å². The van der Waals surface area contributed by atoms with Gasteiger partial charge in [-0.25, -0.2) is 13.6 Å². The van der Waals surface area contributed by atoms with Gasteiger partial charge in [0.2, 0.25) is 15.9 Å². The summed E-state index contributed by atoms with van der Waals surface area (Å²) >= 11 is 0. The minimum absolute atomic E-state index is 0.0804. The third-order valence-corrected chi connectivity index (χ3v) is 5.14. The van der Waals surface area contributed by atoms with Crippen LogP contribution in [-0.4, -0.2) is 14.3 Å². The molecule has 1 aliphatic carbocycles. The van der Waals surface area contributed by atoms with E-state index >= 15 is 0 Å². The molecule has 1 aromatic rings. The van der Waals surface area contributed by atoms with Crippen LogP contribution >= 0.6 is 0 Å². The number of nitrogens with two attached hydrogens (primary N) is 1. The Kier molecular flexibility index (Phi) is 4.68. The molecule has 1 fully saturated rings. The number of sulfonamides is 1. The lowest BCUT2D eigenvalue weighted by Gasteiger charge is -2.32. The molecule has 0 spiro atoms. The van der Waals surface area contributed by atoms with Crippen molar-refractivity contribution in [1.29, 1.82) is 0 Å². The maximum Gasteiger partial charge on any atom is 0.238 e. The first-order valence-corrected chi connectivity index (χ1v) is 8.76. The highest BCUT2D eigenvalue weighted by molar-refractivity contribution is 7.89. The standard InChI is InChI=1S/C15H22N2O3S/c1-15(9-3-2-4-10-15)14(18)17-11-12-5-7-13(8-6-12)21(16,19)20/h5-8H,2-4,9-11H2,1H3,(H,17,18)(H2,16,19,20). The van der Waals surface area contributed by atoms with Crippen LogP contribution in [0.3, 0.4) is 0 Å². The first-order chi connectivity index (χ1) is 9.81. The summed E-state index contributed by atoms with van der Waals surface area (Å²) in [7, 11) is -3.67. The Hall–Kier alpha value is -1.40. The highest BCUT2D eigenvalue weighted by Crippen LogP contribution is 2.35. The van der Waals surface area contributed by atoms with Gasteiger partial charge in [0, 0.05) is 12.0 Å². The number of primary sulfonamides is 1. The molecule has 0 saturated heterocycles. The van der Waals surface area contributed by atoms with E-state index in [1.165, 1.54) is 18.6 Å². The molecule has 116 valence electrons. The number of hydrogen-bond donors (Lipinski definition) is 2. The van der Waals surface area contributed by atoms with Crippen LogP contribution < -0.4 is 10.5 Å². The van der Waals surface area contributed by atoms with Gasteiger partial charge in [-0.3, -0.25) is 4.79 Å². The van der Waals surface area contributed by atoms with Gasteiger partial charge in [0.05, 0.1) is 4.90 Å². The molecule has 5 nitrogen and oxygen atoms in total. The number of hydrogen-bond acceptors (Lipinski definition) is 3. The van der Waals surface area contributed by atoms with Gasteiger partial charge in [0.25, 0.3) is 0 Å². The van der Waals surface area contributed by atoms with Crippen LogP contribution in [0.1, 0.15) is 44.6 Å². The number of carbonyl (C=O) groups excluding carboxylic acids is 1. The van der Waals surface area contributed by atoms with E-state index in [1.54, 1.807) is 12.1 Å². The Labute approximate surface area is 126 Å². The van der Waals surface area contributed by atoms with Crippen LogP contribution in [0.5, 0.6) is 0 Å². The van der Waals surface area contributed by atoms with Crippen LogP contribution in [0.2, 0.25) is 0 Å². The third kappa shape index (κ3) is 4.04. The van der Waals surface area contributed by atoms with Crippen LogP contribution in [0, 0.1) is 5.41 Å². The van der Waals surface area contributed by atoms with Crippen molar-refractivity contribution >= 4 is 15.9 Å². The van der Waals surface area contributed by atoms with Crippen LogP contribution in [-0.2, 0) is 21.4 Å². The van der Waals surface area contributed by atoms with E-state index in [0.717, 1.165) is 31.2 Å². The molecule has 3 N–H and O–H groups in total. The van der Waals surface area contributed by atoms with Crippen molar-refractivity contribution in [2.24, 2.45) is 10.6 Å². The van der Waals surface area contributed by atoms with Crippen molar-refractivity contribution < 1.29 is 13.2 Å². The summed E-state index contributed by atoms with van der Waals surface area (Å²) in [6, 6.07) is 6.25. The van der Waals surface area contributed by atoms with Crippen molar-refractivity contribution in [2.75, 3.05) is 0 Å². The molecule has 1 aromatic carbocycles. The van der Waals surface area contributed by atoms with E-state index in [9.17, 15) is 13.2 Å². The summed E-state index contributed by atoms with van der Waals surface area (Å²) < 4.78 is 22.3. The second-order valence-corrected chi connectivity index (χ2v) is 7.55. The lowest BCUT2D eigenvalue weighted by atomic mass is 9.75. The minimum Gasteiger partial charge on any atom is -0.352 e. The summed E-state index contributed by atoms with van der Waals surface area (Å²) in [4.78, 5) is 12.4. The average Bonchev–Trinajstić information content (AvgIpc) is 2.45. The van der Waals surface area contributed by atoms with Crippen molar-refractivity contribution in [3.63, 3.8) is 0 Å². The number of benzene rings is 1. The van der Waals surface area contributed by atoms with E-state index in [2.05, 4.69) is 5.32 Å². The molecule has 2 rings (SSSR count). The predicted octanol–water partition coefficient (Wildman–Crippen LogP) is 1.92. The van der Waals surface area contributed by atoms with Crippen molar-refractivity contribution in [2.45, 2.75) is 50.5 Å². The molecule has 1 saturated carbocycles. The summed E-state index contributed by atoms with van der Waals surface area (Å²) in [6.45, 7) is 2.42. The largest absolute Gasteiger partial charge is 0.352 e. The molecule has 0 atom stereocenters. The van der Waals surface area contributed by atoms with Gasteiger partial charge in [-0.2, -0.15) is 0 Å². The zero-order chi connectivity index (χ0) is 15.5. The Morgan fingerprint density at radius 2 is 1.76 bits per heavy atom. The molecule has 1 amide bonds. The summed E-state index contributed by atoms with van der Waals surface area (Å²) in [6.07, 6.45) is 5.28. The number of nitrogens with one attached hydrogen (secondary N) is 1. The molecule has 0 aliphatic heterocycles. The molecule has 6 heteroatoms.